The zero-order chi connectivity index (χ0) is 21.9. The Morgan fingerprint density at radius 2 is 2.00 bits per heavy atom. The van der Waals surface area contributed by atoms with Crippen LogP contribution in [0.5, 0.6) is 5.75 Å². The summed E-state index contributed by atoms with van der Waals surface area (Å²) in [5.74, 6) is 0.751. The lowest BCUT2D eigenvalue weighted by Crippen LogP contribution is -2.22. The quantitative estimate of drug-likeness (QED) is 0.439. The summed E-state index contributed by atoms with van der Waals surface area (Å²) >= 11 is 0. The lowest BCUT2D eigenvalue weighted by molar-refractivity contribution is 0.303. The Morgan fingerprint density at radius 1 is 1.16 bits per heavy atom. The van der Waals surface area contributed by atoms with Crippen LogP contribution in [0.3, 0.4) is 0 Å². The smallest absolute Gasteiger partial charge is 0.298 e. The van der Waals surface area contributed by atoms with Crippen molar-refractivity contribution in [3.8, 4) is 11.4 Å². The van der Waals surface area contributed by atoms with Gasteiger partial charge in [0.05, 0.1) is 11.8 Å². The molecule has 2 aromatic heterocycles. The predicted octanol–water partition coefficient (Wildman–Crippen LogP) is 2.95. The van der Waals surface area contributed by atoms with Crippen LogP contribution in [0.25, 0.3) is 5.69 Å². The molecule has 9 nitrogen and oxygen atoms in total. The normalized spacial score (nSPS) is 13.2. The Hall–Kier alpha value is -4.08. The second-order valence-electron chi connectivity index (χ2n) is 7.53. The van der Waals surface area contributed by atoms with E-state index in [2.05, 4.69) is 30.9 Å². The van der Waals surface area contributed by atoms with E-state index in [9.17, 15) is 9.18 Å². The van der Waals surface area contributed by atoms with Crippen molar-refractivity contribution in [2.45, 2.75) is 31.8 Å². The maximum absolute atomic E-state index is 13.7. The Labute approximate surface area is 182 Å². The van der Waals surface area contributed by atoms with Gasteiger partial charge in [-0.3, -0.25) is 9.36 Å². The molecule has 2 heterocycles. The van der Waals surface area contributed by atoms with Gasteiger partial charge in [0.1, 0.15) is 11.6 Å². The first-order valence-electron chi connectivity index (χ1n) is 10.3. The summed E-state index contributed by atoms with van der Waals surface area (Å²) in [7, 11) is 0. The lowest BCUT2D eigenvalue weighted by atomic mass is 10.1. The molecule has 0 radical (unpaired) electrons. The minimum absolute atomic E-state index is 0.0938. The summed E-state index contributed by atoms with van der Waals surface area (Å²) in [5, 5.41) is 16.9. The fourth-order valence-electron chi connectivity index (χ4n) is 3.26. The van der Waals surface area contributed by atoms with Crippen LogP contribution in [0.1, 0.15) is 24.2 Å². The number of benzene rings is 2. The van der Waals surface area contributed by atoms with Gasteiger partial charge in [-0.05, 0) is 49.1 Å². The molecular formula is C22H20FN7O2. The molecule has 10 heteroatoms. The number of hydrogen-bond donors (Lipinski definition) is 2. The minimum Gasteiger partial charge on any atom is -0.488 e. The summed E-state index contributed by atoms with van der Waals surface area (Å²) in [4.78, 5) is 17.2. The highest BCUT2D eigenvalue weighted by Gasteiger charge is 2.25. The molecular weight excluding hydrogens is 413 g/mol. The van der Waals surface area contributed by atoms with E-state index in [0.29, 0.717) is 29.4 Å². The molecule has 0 bridgehead atoms. The van der Waals surface area contributed by atoms with E-state index in [1.165, 1.54) is 16.7 Å². The number of aromatic nitrogens is 6. The number of nitrogens with one attached hydrogen (secondary N) is 2. The second-order valence-corrected chi connectivity index (χ2v) is 7.53. The van der Waals surface area contributed by atoms with Gasteiger partial charge in [0.25, 0.3) is 5.56 Å². The molecule has 0 saturated heterocycles. The molecule has 0 spiro atoms. The second kappa shape index (κ2) is 8.58. The van der Waals surface area contributed by atoms with Crippen molar-refractivity contribution in [2.24, 2.45) is 0 Å². The number of aromatic amines is 1. The summed E-state index contributed by atoms with van der Waals surface area (Å²) < 4.78 is 21.0. The molecule has 0 amide bonds. The summed E-state index contributed by atoms with van der Waals surface area (Å²) in [5.41, 5.74) is 1.97. The van der Waals surface area contributed by atoms with Crippen LogP contribution >= 0.6 is 0 Å². The number of aryl methyl sites for hydroxylation is 2. The summed E-state index contributed by atoms with van der Waals surface area (Å²) in [6.07, 6.45) is 6.55. The van der Waals surface area contributed by atoms with Crippen LogP contribution in [0.15, 0.2) is 59.7 Å². The monoisotopic (exact) mass is 433 g/mol. The summed E-state index contributed by atoms with van der Waals surface area (Å²) in [6, 6.07) is 11.8. The average Bonchev–Trinajstić information content (AvgIpc) is 3.46. The molecule has 1 saturated carbocycles. The van der Waals surface area contributed by atoms with Gasteiger partial charge in [-0.2, -0.15) is 5.21 Å². The van der Waals surface area contributed by atoms with Crippen LogP contribution in [0.2, 0.25) is 0 Å². The largest absolute Gasteiger partial charge is 0.488 e. The van der Waals surface area contributed by atoms with Crippen molar-refractivity contribution in [3.63, 3.8) is 0 Å². The van der Waals surface area contributed by atoms with Gasteiger partial charge in [0.2, 0.25) is 0 Å². The van der Waals surface area contributed by atoms with E-state index in [4.69, 9.17) is 4.74 Å². The first-order valence-corrected chi connectivity index (χ1v) is 10.3. The number of nitrogens with zero attached hydrogens (tertiary/aromatic N) is 5. The van der Waals surface area contributed by atoms with Crippen LogP contribution in [-0.4, -0.2) is 36.3 Å². The predicted molar refractivity (Wildman–Crippen MR) is 115 cm³/mol. The number of H-pyrrole nitrogens is 1. The fourth-order valence-corrected chi connectivity index (χ4v) is 3.26. The van der Waals surface area contributed by atoms with Crippen molar-refractivity contribution in [2.75, 3.05) is 5.32 Å². The van der Waals surface area contributed by atoms with Crippen molar-refractivity contribution in [1.82, 2.24) is 30.2 Å². The lowest BCUT2D eigenvalue weighted by Gasteiger charge is -2.13. The Balaban J connectivity index is 1.35. The Morgan fingerprint density at radius 3 is 2.75 bits per heavy atom. The molecule has 2 N–H and O–H groups in total. The molecule has 4 aromatic rings. The third-order valence-electron chi connectivity index (χ3n) is 5.10. The van der Waals surface area contributed by atoms with Gasteiger partial charge >= 0.3 is 0 Å². The number of tetrazole rings is 1. The molecule has 0 unspecified atom stereocenters. The zero-order valence-corrected chi connectivity index (χ0v) is 17.0. The zero-order valence-electron chi connectivity index (χ0n) is 17.0. The highest BCUT2D eigenvalue weighted by molar-refractivity contribution is 5.64. The van der Waals surface area contributed by atoms with Crippen molar-refractivity contribution in [3.05, 3.63) is 82.4 Å². The van der Waals surface area contributed by atoms with Gasteiger partial charge in [-0.15, -0.1) is 10.2 Å². The SMILES string of the molecule is O=c1c(Nc2ccc(F)cc2OC2CC2)nccn1-c1ccc(CCc2nn[nH]n2)cc1. The van der Waals surface area contributed by atoms with Crippen LogP contribution in [0, 0.1) is 5.82 Å². The number of halogens is 1. The Bertz CT molecular complexity index is 1270. The van der Waals surface area contributed by atoms with E-state index in [-0.39, 0.29) is 17.5 Å². The van der Waals surface area contributed by atoms with E-state index < -0.39 is 5.82 Å². The van der Waals surface area contributed by atoms with Gasteiger partial charge < -0.3 is 10.1 Å². The van der Waals surface area contributed by atoms with E-state index in [1.807, 2.05) is 24.3 Å². The van der Waals surface area contributed by atoms with Crippen molar-refractivity contribution in [1.29, 1.82) is 0 Å². The molecule has 0 aliphatic heterocycles. The molecule has 162 valence electrons. The number of ether oxygens (including phenoxy) is 1. The highest BCUT2D eigenvalue weighted by atomic mass is 19.1. The van der Waals surface area contributed by atoms with Crippen molar-refractivity contribution < 1.29 is 9.13 Å². The van der Waals surface area contributed by atoms with Crippen LogP contribution < -0.4 is 15.6 Å². The van der Waals surface area contributed by atoms with Gasteiger partial charge in [0, 0.05) is 30.6 Å². The molecule has 0 atom stereocenters. The third kappa shape index (κ3) is 4.48. The number of hydrogen-bond acceptors (Lipinski definition) is 7. The van der Waals surface area contributed by atoms with Gasteiger partial charge in [-0.25, -0.2) is 9.37 Å². The first kappa shape index (κ1) is 19.9. The molecule has 1 fully saturated rings. The average molecular weight is 433 g/mol. The number of anilines is 2. The third-order valence-corrected chi connectivity index (χ3v) is 5.10. The Kier molecular flexibility index (Phi) is 5.32. The molecule has 1 aliphatic carbocycles. The minimum atomic E-state index is -0.399. The van der Waals surface area contributed by atoms with Crippen LogP contribution in [-0.2, 0) is 12.8 Å². The maximum atomic E-state index is 13.7. The first-order chi connectivity index (χ1) is 15.7. The molecule has 32 heavy (non-hydrogen) atoms. The van der Waals surface area contributed by atoms with Gasteiger partial charge in [0.15, 0.2) is 11.6 Å². The molecule has 5 rings (SSSR count). The van der Waals surface area contributed by atoms with E-state index in [0.717, 1.165) is 24.8 Å². The molecule has 1 aliphatic rings. The standard InChI is InChI=1S/C22H20FN7O2/c23-15-4-9-18(19(13-15)32-17-7-8-17)25-21-22(31)30(12-11-24-21)16-5-1-14(2-6-16)3-10-20-26-28-29-27-20/h1-2,4-6,9,11-13,17H,3,7-8,10H2,(H,24,25)(H,26,27,28,29). The fraction of sp³-hybridized carbons (Fsp3) is 0.227. The summed E-state index contributed by atoms with van der Waals surface area (Å²) in [6.45, 7) is 0. The molecule has 2 aromatic carbocycles. The van der Waals surface area contributed by atoms with Crippen LogP contribution in [0.4, 0.5) is 15.9 Å². The van der Waals surface area contributed by atoms with E-state index in [1.54, 1.807) is 18.5 Å². The maximum Gasteiger partial charge on any atom is 0.298 e. The highest BCUT2D eigenvalue weighted by Crippen LogP contribution is 2.33. The van der Waals surface area contributed by atoms with Gasteiger partial charge in [-0.1, -0.05) is 17.3 Å². The number of rotatable bonds is 8. The van der Waals surface area contributed by atoms with E-state index >= 15 is 0 Å². The topological polar surface area (TPSA) is 111 Å². The van der Waals surface area contributed by atoms with Crippen molar-refractivity contribution >= 4 is 11.5 Å².